The highest BCUT2D eigenvalue weighted by Crippen LogP contribution is 2.36. The summed E-state index contributed by atoms with van der Waals surface area (Å²) in [5.74, 6) is 2.18. The number of aromatic nitrogens is 3. The van der Waals surface area contributed by atoms with Crippen molar-refractivity contribution >= 4 is 17.8 Å². The highest BCUT2D eigenvalue weighted by molar-refractivity contribution is 5.47. The Kier molecular flexibility index (Phi) is 7.66. The van der Waals surface area contributed by atoms with Crippen molar-refractivity contribution < 1.29 is 0 Å². The van der Waals surface area contributed by atoms with Crippen molar-refractivity contribution in [2.24, 2.45) is 0 Å². The van der Waals surface area contributed by atoms with Crippen molar-refractivity contribution in [3.8, 4) is 0 Å². The summed E-state index contributed by atoms with van der Waals surface area (Å²) in [4.78, 5) is 17.0. The molecule has 0 spiro atoms. The summed E-state index contributed by atoms with van der Waals surface area (Å²) in [6.45, 7) is 11.8. The lowest BCUT2D eigenvalue weighted by Gasteiger charge is -2.39. The molecular formula is C25H41N7. The van der Waals surface area contributed by atoms with Gasteiger partial charge >= 0.3 is 0 Å². The van der Waals surface area contributed by atoms with Crippen LogP contribution in [0.15, 0.2) is 25.3 Å². The Morgan fingerprint density at radius 3 is 1.66 bits per heavy atom. The number of piperazine rings is 1. The fourth-order valence-corrected chi connectivity index (χ4v) is 5.73. The van der Waals surface area contributed by atoms with Gasteiger partial charge in [-0.15, -0.1) is 13.2 Å². The van der Waals surface area contributed by atoms with E-state index in [1.54, 1.807) is 0 Å². The molecule has 1 aromatic rings. The molecule has 1 saturated heterocycles. The van der Waals surface area contributed by atoms with E-state index in [4.69, 9.17) is 15.0 Å². The number of anilines is 3. The summed E-state index contributed by atoms with van der Waals surface area (Å²) in [5, 5.41) is 10.9. The van der Waals surface area contributed by atoms with Crippen molar-refractivity contribution in [1.29, 1.82) is 0 Å². The van der Waals surface area contributed by atoms with Crippen molar-refractivity contribution in [1.82, 2.24) is 20.3 Å². The summed E-state index contributed by atoms with van der Waals surface area (Å²) >= 11 is 0. The quantitative estimate of drug-likeness (QED) is 0.483. The molecule has 1 aliphatic heterocycles. The van der Waals surface area contributed by atoms with Crippen molar-refractivity contribution in [2.45, 2.75) is 88.1 Å². The lowest BCUT2D eigenvalue weighted by molar-refractivity contribution is 0.322. The van der Waals surface area contributed by atoms with E-state index in [0.29, 0.717) is 11.9 Å². The standard InChI is InChI=1S/C25H41N7/c1-3-11-24(13-7-5-8-14-24)30-21-27-22(29-23(28-21)32-19-17-26-18-20-32)31-25(12-4-2)15-9-6-10-16-25/h3-4,26H,1-2,5-20H2,(H2,27,28,29,30,31). The van der Waals surface area contributed by atoms with Gasteiger partial charge in [-0.3, -0.25) is 0 Å². The lowest BCUT2D eigenvalue weighted by Crippen LogP contribution is -2.45. The molecule has 7 nitrogen and oxygen atoms in total. The van der Waals surface area contributed by atoms with Crippen molar-refractivity contribution in [2.75, 3.05) is 41.7 Å². The van der Waals surface area contributed by atoms with E-state index >= 15 is 0 Å². The molecule has 0 atom stereocenters. The number of hydrogen-bond acceptors (Lipinski definition) is 7. The smallest absolute Gasteiger partial charge is 0.232 e. The lowest BCUT2D eigenvalue weighted by atomic mass is 9.79. The molecule has 0 aromatic carbocycles. The average molecular weight is 440 g/mol. The third kappa shape index (κ3) is 5.61. The van der Waals surface area contributed by atoms with E-state index < -0.39 is 0 Å². The van der Waals surface area contributed by atoms with Gasteiger partial charge in [-0.25, -0.2) is 0 Å². The van der Waals surface area contributed by atoms with Crippen LogP contribution in [-0.2, 0) is 0 Å². The minimum Gasteiger partial charge on any atom is -0.348 e. The maximum absolute atomic E-state index is 4.92. The van der Waals surface area contributed by atoms with Crippen LogP contribution in [0.3, 0.4) is 0 Å². The largest absolute Gasteiger partial charge is 0.348 e. The monoisotopic (exact) mass is 439 g/mol. The second-order valence-electron chi connectivity index (χ2n) is 9.94. The number of hydrogen-bond donors (Lipinski definition) is 3. The second kappa shape index (κ2) is 10.6. The molecule has 176 valence electrons. The molecule has 2 saturated carbocycles. The maximum atomic E-state index is 4.92. The molecule has 1 aromatic heterocycles. The van der Waals surface area contributed by atoms with E-state index in [1.165, 1.54) is 38.5 Å². The zero-order valence-corrected chi connectivity index (χ0v) is 19.7. The predicted octanol–water partition coefficient (Wildman–Crippen LogP) is 4.66. The summed E-state index contributed by atoms with van der Waals surface area (Å²) in [6.07, 6.45) is 18.1. The van der Waals surface area contributed by atoms with Crippen molar-refractivity contribution in [3.05, 3.63) is 25.3 Å². The molecule has 0 amide bonds. The molecule has 32 heavy (non-hydrogen) atoms. The van der Waals surface area contributed by atoms with Gasteiger partial charge in [0.1, 0.15) is 0 Å². The maximum Gasteiger partial charge on any atom is 0.232 e. The highest BCUT2D eigenvalue weighted by atomic mass is 15.4. The van der Waals surface area contributed by atoms with Crippen LogP contribution in [0, 0.1) is 0 Å². The van der Waals surface area contributed by atoms with E-state index in [9.17, 15) is 0 Å². The average Bonchev–Trinajstić information content (AvgIpc) is 2.81. The molecular weight excluding hydrogens is 398 g/mol. The molecule has 3 N–H and O–H groups in total. The fourth-order valence-electron chi connectivity index (χ4n) is 5.73. The molecule has 7 heteroatoms. The normalized spacial score (nSPS) is 22.7. The van der Waals surface area contributed by atoms with Crippen LogP contribution >= 0.6 is 0 Å². The summed E-state index contributed by atoms with van der Waals surface area (Å²) in [5.41, 5.74) is 0.00593. The third-order valence-electron chi connectivity index (χ3n) is 7.47. The first kappa shape index (κ1) is 23.0. The van der Waals surface area contributed by atoms with Gasteiger partial charge < -0.3 is 20.9 Å². The second-order valence-corrected chi connectivity index (χ2v) is 9.94. The Labute approximate surface area is 193 Å². The molecule has 4 rings (SSSR count). The van der Waals surface area contributed by atoms with Gasteiger partial charge in [0.05, 0.1) is 0 Å². The third-order valence-corrected chi connectivity index (χ3v) is 7.47. The van der Waals surface area contributed by atoms with Crippen LogP contribution in [0.5, 0.6) is 0 Å². The molecule has 0 bridgehead atoms. The van der Waals surface area contributed by atoms with Gasteiger partial charge in [0.15, 0.2) is 0 Å². The Morgan fingerprint density at radius 2 is 1.22 bits per heavy atom. The Bertz CT molecular complexity index is 707. The van der Waals surface area contributed by atoms with Crippen LogP contribution in [0.4, 0.5) is 17.8 Å². The number of nitrogens with one attached hydrogen (secondary N) is 3. The number of rotatable bonds is 9. The van der Waals surface area contributed by atoms with Gasteiger partial charge in [0.25, 0.3) is 0 Å². The summed E-state index contributed by atoms with van der Waals surface area (Å²) in [6, 6.07) is 0. The summed E-state index contributed by atoms with van der Waals surface area (Å²) < 4.78 is 0. The molecule has 2 heterocycles. The van der Waals surface area contributed by atoms with E-state index in [1.807, 2.05) is 12.2 Å². The molecule has 0 unspecified atom stereocenters. The summed E-state index contributed by atoms with van der Waals surface area (Å²) in [7, 11) is 0. The van der Waals surface area contributed by atoms with Crippen LogP contribution in [0.1, 0.15) is 77.0 Å². The van der Waals surface area contributed by atoms with Crippen LogP contribution in [0.2, 0.25) is 0 Å². The predicted molar refractivity (Wildman–Crippen MR) is 133 cm³/mol. The Morgan fingerprint density at radius 1 is 0.750 bits per heavy atom. The Hall–Kier alpha value is -2.15. The highest BCUT2D eigenvalue weighted by Gasteiger charge is 2.34. The zero-order chi connectivity index (χ0) is 22.3. The molecule has 2 aliphatic carbocycles. The van der Waals surface area contributed by atoms with Gasteiger partial charge in [-0.05, 0) is 38.5 Å². The van der Waals surface area contributed by atoms with E-state index in [2.05, 4.69) is 34.0 Å². The molecule has 0 radical (unpaired) electrons. The topological polar surface area (TPSA) is 78.0 Å². The first-order valence-electron chi connectivity index (χ1n) is 12.7. The minimum atomic E-state index is 0.00297. The van der Waals surface area contributed by atoms with Gasteiger partial charge in [0, 0.05) is 37.3 Å². The zero-order valence-electron chi connectivity index (χ0n) is 19.7. The van der Waals surface area contributed by atoms with Crippen LogP contribution in [0.25, 0.3) is 0 Å². The first-order chi connectivity index (χ1) is 15.7. The Balaban J connectivity index is 1.64. The minimum absolute atomic E-state index is 0.00297. The van der Waals surface area contributed by atoms with E-state index in [-0.39, 0.29) is 11.1 Å². The molecule has 3 fully saturated rings. The number of nitrogens with zero attached hydrogens (tertiary/aromatic N) is 4. The van der Waals surface area contributed by atoms with E-state index in [0.717, 1.165) is 70.7 Å². The van der Waals surface area contributed by atoms with Gasteiger partial charge in [-0.2, -0.15) is 15.0 Å². The SMILES string of the molecule is C=CCC1(Nc2nc(NC3(CC=C)CCCCC3)nc(N3CCNCC3)n2)CCCCC1. The first-order valence-corrected chi connectivity index (χ1v) is 12.7. The van der Waals surface area contributed by atoms with Crippen LogP contribution < -0.4 is 20.9 Å². The molecule has 3 aliphatic rings. The van der Waals surface area contributed by atoms with Gasteiger partial charge in [-0.1, -0.05) is 50.7 Å². The fraction of sp³-hybridized carbons (Fsp3) is 0.720. The van der Waals surface area contributed by atoms with Crippen LogP contribution in [-0.4, -0.2) is 52.2 Å². The van der Waals surface area contributed by atoms with Crippen molar-refractivity contribution in [3.63, 3.8) is 0 Å². The van der Waals surface area contributed by atoms with Gasteiger partial charge in [0.2, 0.25) is 17.8 Å².